The quantitative estimate of drug-likeness (QED) is 0.157. The Balaban J connectivity index is 1.32. The van der Waals surface area contributed by atoms with Crippen LogP contribution in [0.25, 0.3) is 34.2 Å². The Hall–Kier alpha value is -4.65. The number of esters is 1. The van der Waals surface area contributed by atoms with Crippen molar-refractivity contribution in [1.82, 2.24) is 9.78 Å². The van der Waals surface area contributed by atoms with Crippen LogP contribution in [-0.4, -0.2) is 29.0 Å². The lowest BCUT2D eigenvalue weighted by Crippen LogP contribution is -2.10. The summed E-state index contributed by atoms with van der Waals surface area (Å²) >= 11 is 0. The molecule has 0 amide bonds. The first-order valence-electron chi connectivity index (χ1n) is 11.0. The fraction of sp³-hybridized carbons (Fsp3) is 0.0714. The third kappa shape index (κ3) is 5.14. The number of hydrogen-bond acceptors (Lipinski definition) is 5. The molecule has 0 spiro atoms. The van der Waals surface area contributed by atoms with Crippen molar-refractivity contribution in [2.45, 2.75) is 0 Å². The second kappa shape index (κ2) is 10.1. The molecule has 6 nitrogen and oxygen atoms in total. The monoisotopic (exact) mass is 468 g/mol. The summed E-state index contributed by atoms with van der Waals surface area (Å²) in [6.45, 7) is 0.0217. The largest absolute Gasteiger partial charge is 0.487 e. The van der Waals surface area contributed by atoms with Crippen LogP contribution in [0.5, 0.6) is 5.75 Å². The zero-order valence-electron chi connectivity index (χ0n) is 18.6. The summed E-state index contributed by atoms with van der Waals surface area (Å²) in [6.07, 6.45) is 4.78. The molecule has 0 unspecified atom stereocenters. The zero-order valence-corrected chi connectivity index (χ0v) is 18.6. The molecule has 3 aromatic carbocycles. The van der Waals surface area contributed by atoms with Gasteiger partial charge in [-0.2, -0.15) is 5.10 Å². The molecule has 0 radical (unpaired) electrons. The predicted molar refractivity (Wildman–Crippen MR) is 131 cm³/mol. The van der Waals surface area contributed by atoms with Gasteiger partial charge in [-0.1, -0.05) is 48.5 Å². The van der Waals surface area contributed by atoms with Gasteiger partial charge in [0, 0.05) is 23.2 Å². The Bertz CT molecular complexity index is 1450. The summed E-state index contributed by atoms with van der Waals surface area (Å²) in [7, 11) is 0. The van der Waals surface area contributed by atoms with Crippen molar-refractivity contribution in [3.8, 4) is 22.9 Å². The molecule has 0 aliphatic carbocycles. The summed E-state index contributed by atoms with van der Waals surface area (Å²) in [5.41, 5.74) is 2.91. The van der Waals surface area contributed by atoms with E-state index in [1.54, 1.807) is 22.9 Å². The summed E-state index contributed by atoms with van der Waals surface area (Å²) in [4.78, 5) is 12.3. The highest BCUT2D eigenvalue weighted by Crippen LogP contribution is 2.30. The van der Waals surface area contributed by atoms with Gasteiger partial charge in [-0.05, 0) is 42.5 Å². The third-order valence-electron chi connectivity index (χ3n) is 5.24. The zero-order chi connectivity index (χ0) is 24.0. The number of benzene rings is 3. The van der Waals surface area contributed by atoms with E-state index in [-0.39, 0.29) is 19.0 Å². The number of nitrogens with zero attached hydrogens (tertiary/aromatic N) is 2. The van der Waals surface area contributed by atoms with Crippen molar-refractivity contribution in [2.24, 2.45) is 0 Å². The lowest BCUT2D eigenvalue weighted by Gasteiger charge is -2.06. The highest BCUT2D eigenvalue weighted by Gasteiger charge is 2.15. The number of ether oxygens (including phenoxy) is 2. The van der Waals surface area contributed by atoms with Gasteiger partial charge in [0.1, 0.15) is 24.5 Å². The molecular formula is C28H21FN2O4. The first-order chi connectivity index (χ1) is 17.2. The van der Waals surface area contributed by atoms with Crippen molar-refractivity contribution in [1.29, 1.82) is 0 Å². The first-order valence-corrected chi connectivity index (χ1v) is 11.0. The number of carbonyl (C=O) groups excluding carboxylic acids is 1. The lowest BCUT2D eigenvalue weighted by molar-refractivity contribution is -0.138. The maximum atomic E-state index is 13.6. The van der Waals surface area contributed by atoms with Crippen molar-refractivity contribution in [3.05, 3.63) is 109 Å². The Labute approximate surface area is 200 Å². The van der Waals surface area contributed by atoms with Gasteiger partial charge in [0.2, 0.25) is 0 Å². The molecule has 2 heterocycles. The number of hydrogen-bond donors (Lipinski definition) is 0. The van der Waals surface area contributed by atoms with E-state index in [4.69, 9.17) is 19.0 Å². The van der Waals surface area contributed by atoms with Gasteiger partial charge in [-0.3, -0.25) is 0 Å². The first kappa shape index (κ1) is 22.2. The van der Waals surface area contributed by atoms with Crippen molar-refractivity contribution < 1.29 is 23.1 Å². The maximum absolute atomic E-state index is 13.6. The minimum absolute atomic E-state index is 0.0167. The summed E-state index contributed by atoms with van der Waals surface area (Å²) < 4.78 is 31.8. The molecule has 7 heteroatoms. The Kier molecular flexibility index (Phi) is 6.39. The Morgan fingerprint density at radius 2 is 1.74 bits per heavy atom. The Morgan fingerprint density at radius 1 is 0.971 bits per heavy atom. The second-order valence-corrected chi connectivity index (χ2v) is 7.64. The number of halogens is 1. The minimum Gasteiger partial charge on any atom is -0.487 e. The van der Waals surface area contributed by atoms with Crippen LogP contribution in [0.2, 0.25) is 0 Å². The Morgan fingerprint density at radius 3 is 2.57 bits per heavy atom. The van der Waals surface area contributed by atoms with Crippen LogP contribution < -0.4 is 4.74 Å². The standard InChI is InChI=1S/C28H21FN2O4/c29-23-11-5-7-13-25(23)33-16-17-34-27(32)15-14-21-19-31(22-9-2-1-3-10-22)30-28(21)26-18-20-8-4-6-12-24(20)35-26/h1-15,18-19H,16-17H2. The smallest absolute Gasteiger partial charge is 0.330 e. The molecule has 0 saturated carbocycles. The van der Waals surface area contributed by atoms with Crippen LogP contribution in [0.3, 0.4) is 0 Å². The molecule has 174 valence electrons. The number of fused-ring (bicyclic) bond motifs is 1. The van der Waals surface area contributed by atoms with E-state index < -0.39 is 11.8 Å². The molecule has 0 N–H and O–H groups in total. The van der Waals surface area contributed by atoms with E-state index >= 15 is 0 Å². The van der Waals surface area contributed by atoms with Crippen LogP contribution >= 0.6 is 0 Å². The minimum atomic E-state index is -0.551. The molecular weight excluding hydrogens is 447 g/mol. The van der Waals surface area contributed by atoms with Gasteiger partial charge >= 0.3 is 5.97 Å². The number of rotatable bonds is 8. The highest BCUT2D eigenvalue weighted by molar-refractivity contribution is 5.89. The van der Waals surface area contributed by atoms with Crippen molar-refractivity contribution in [3.63, 3.8) is 0 Å². The van der Waals surface area contributed by atoms with Crippen LogP contribution in [-0.2, 0) is 9.53 Å². The van der Waals surface area contributed by atoms with Gasteiger partial charge in [0.15, 0.2) is 17.3 Å². The van der Waals surface area contributed by atoms with Gasteiger partial charge < -0.3 is 13.9 Å². The average Bonchev–Trinajstić information content (AvgIpc) is 3.51. The van der Waals surface area contributed by atoms with Gasteiger partial charge in [0.25, 0.3) is 0 Å². The van der Waals surface area contributed by atoms with E-state index in [9.17, 15) is 9.18 Å². The topological polar surface area (TPSA) is 66.5 Å². The third-order valence-corrected chi connectivity index (χ3v) is 5.24. The van der Waals surface area contributed by atoms with E-state index in [2.05, 4.69) is 0 Å². The van der Waals surface area contributed by atoms with Crippen LogP contribution in [0, 0.1) is 5.82 Å². The predicted octanol–water partition coefficient (Wildman–Crippen LogP) is 6.06. The van der Waals surface area contributed by atoms with Gasteiger partial charge in [0.05, 0.1) is 5.69 Å². The van der Waals surface area contributed by atoms with Crippen molar-refractivity contribution in [2.75, 3.05) is 13.2 Å². The normalized spacial score (nSPS) is 11.2. The molecule has 0 aliphatic rings. The average molecular weight is 468 g/mol. The molecule has 0 aliphatic heterocycles. The second-order valence-electron chi connectivity index (χ2n) is 7.64. The van der Waals surface area contributed by atoms with Crippen LogP contribution in [0.4, 0.5) is 4.39 Å². The SMILES string of the molecule is O=C(C=Cc1cn(-c2ccccc2)nc1-c1cc2ccccc2o1)OCCOc1ccccc1F. The molecule has 0 fully saturated rings. The number of carbonyl (C=O) groups is 1. The lowest BCUT2D eigenvalue weighted by atomic mass is 10.2. The molecule has 35 heavy (non-hydrogen) atoms. The molecule has 0 bridgehead atoms. The number of para-hydroxylation sites is 3. The van der Waals surface area contributed by atoms with Gasteiger partial charge in [-0.25, -0.2) is 13.9 Å². The van der Waals surface area contributed by atoms with Crippen LogP contribution in [0.15, 0.2) is 102 Å². The summed E-state index contributed by atoms with van der Waals surface area (Å²) in [5.74, 6) is -0.313. The van der Waals surface area contributed by atoms with E-state index in [0.29, 0.717) is 17.0 Å². The fourth-order valence-corrected chi connectivity index (χ4v) is 3.57. The number of furan rings is 1. The summed E-state index contributed by atoms with van der Waals surface area (Å²) in [6, 6.07) is 25.3. The molecule has 2 aromatic heterocycles. The highest BCUT2D eigenvalue weighted by atomic mass is 19.1. The van der Waals surface area contributed by atoms with Crippen LogP contribution in [0.1, 0.15) is 5.56 Å². The molecule has 5 rings (SSSR count). The molecule has 0 atom stereocenters. The van der Waals surface area contributed by atoms with E-state index in [1.807, 2.05) is 66.9 Å². The van der Waals surface area contributed by atoms with Gasteiger partial charge in [-0.15, -0.1) is 0 Å². The van der Waals surface area contributed by atoms with Crippen molar-refractivity contribution >= 4 is 23.0 Å². The summed E-state index contributed by atoms with van der Waals surface area (Å²) in [5, 5.41) is 5.66. The maximum Gasteiger partial charge on any atom is 0.330 e. The number of aromatic nitrogens is 2. The molecule has 5 aromatic rings. The fourth-order valence-electron chi connectivity index (χ4n) is 3.57. The van der Waals surface area contributed by atoms with E-state index in [0.717, 1.165) is 16.7 Å². The molecule has 0 saturated heterocycles. The van der Waals surface area contributed by atoms with E-state index in [1.165, 1.54) is 18.2 Å².